The van der Waals surface area contributed by atoms with Crippen molar-refractivity contribution in [2.24, 2.45) is 5.92 Å². The maximum Gasteiger partial charge on any atom is 0.252 e. The van der Waals surface area contributed by atoms with E-state index >= 15 is 0 Å². The zero-order valence-corrected chi connectivity index (χ0v) is 18.8. The molecule has 8 nitrogen and oxygen atoms in total. The molecule has 1 aliphatic rings. The van der Waals surface area contributed by atoms with Crippen molar-refractivity contribution >= 4 is 27.3 Å². The first-order chi connectivity index (χ1) is 15.0. The first kappa shape index (κ1) is 21.7. The van der Waals surface area contributed by atoms with Crippen LogP contribution in [0.15, 0.2) is 50.5 Å². The Bertz CT molecular complexity index is 1130. The minimum absolute atomic E-state index is 0.0249. The van der Waals surface area contributed by atoms with Gasteiger partial charge in [-0.15, -0.1) is 11.3 Å². The number of aryl methyl sites for hydroxylation is 1. The monoisotopic (exact) mass is 460 g/mol. The zero-order valence-electron chi connectivity index (χ0n) is 17.2. The largest absolute Gasteiger partial charge is 0.352 e. The maximum atomic E-state index is 13.1. The molecule has 0 bridgehead atoms. The summed E-state index contributed by atoms with van der Waals surface area (Å²) in [6.07, 6.45) is 1.63. The van der Waals surface area contributed by atoms with Gasteiger partial charge in [0.2, 0.25) is 17.6 Å². The van der Waals surface area contributed by atoms with Crippen molar-refractivity contribution in [3.8, 4) is 11.4 Å². The summed E-state index contributed by atoms with van der Waals surface area (Å²) in [5, 5.41) is 8.58. The summed E-state index contributed by atoms with van der Waals surface area (Å²) in [6, 6.07) is 11.3. The number of carbonyl (C=O) groups excluding carboxylic acids is 1. The number of hydrogen-bond acceptors (Lipinski definition) is 7. The molecule has 0 spiro atoms. The maximum absolute atomic E-state index is 13.1. The van der Waals surface area contributed by atoms with Gasteiger partial charge < -0.3 is 9.84 Å². The summed E-state index contributed by atoms with van der Waals surface area (Å²) in [5.41, 5.74) is 1.67. The molecule has 1 saturated heterocycles. The first-order valence-corrected chi connectivity index (χ1v) is 12.5. The molecule has 1 amide bonds. The van der Waals surface area contributed by atoms with Crippen molar-refractivity contribution in [3.63, 3.8) is 0 Å². The molecule has 4 rings (SSSR count). The number of piperidine rings is 1. The van der Waals surface area contributed by atoms with Gasteiger partial charge in [-0.1, -0.05) is 42.4 Å². The van der Waals surface area contributed by atoms with Crippen LogP contribution in [0, 0.1) is 5.92 Å². The number of hydrogen-bond donors (Lipinski definition) is 1. The highest BCUT2D eigenvalue weighted by Crippen LogP contribution is 2.31. The van der Waals surface area contributed by atoms with Gasteiger partial charge in [0, 0.05) is 42.9 Å². The van der Waals surface area contributed by atoms with Gasteiger partial charge in [0.15, 0.2) is 0 Å². The molecule has 1 fully saturated rings. The molecule has 0 saturated carbocycles. The Kier molecular flexibility index (Phi) is 6.49. The number of carbonyl (C=O) groups is 1. The van der Waals surface area contributed by atoms with Gasteiger partial charge in [-0.2, -0.15) is 9.29 Å². The highest BCUT2D eigenvalue weighted by Gasteiger charge is 2.33. The van der Waals surface area contributed by atoms with E-state index in [9.17, 15) is 13.2 Å². The van der Waals surface area contributed by atoms with Gasteiger partial charge in [-0.3, -0.25) is 4.79 Å². The lowest BCUT2D eigenvalue weighted by Gasteiger charge is -2.30. The average Bonchev–Trinajstić information content (AvgIpc) is 3.48. The summed E-state index contributed by atoms with van der Waals surface area (Å²) >= 11 is 1.14. The third-order valence-electron chi connectivity index (χ3n) is 5.33. The molecule has 1 aromatic carbocycles. The first-order valence-electron chi connectivity index (χ1n) is 10.2. The number of aromatic nitrogens is 2. The van der Waals surface area contributed by atoms with E-state index in [2.05, 4.69) is 15.5 Å². The number of rotatable bonds is 7. The van der Waals surface area contributed by atoms with Gasteiger partial charge >= 0.3 is 0 Å². The van der Waals surface area contributed by atoms with Gasteiger partial charge in [0.1, 0.15) is 4.21 Å². The molecule has 3 heterocycles. The predicted octanol–water partition coefficient (Wildman–Crippen LogP) is 3.08. The zero-order chi connectivity index (χ0) is 21.8. The van der Waals surface area contributed by atoms with Crippen LogP contribution in [0.4, 0.5) is 0 Å². The van der Waals surface area contributed by atoms with Gasteiger partial charge in [-0.25, -0.2) is 8.42 Å². The molecular weight excluding hydrogens is 436 g/mol. The van der Waals surface area contributed by atoms with Crippen LogP contribution >= 0.6 is 11.3 Å². The van der Waals surface area contributed by atoms with Crippen molar-refractivity contribution in [3.05, 3.63) is 53.2 Å². The molecule has 0 radical (unpaired) electrons. The smallest absolute Gasteiger partial charge is 0.252 e. The second kappa shape index (κ2) is 9.29. The summed E-state index contributed by atoms with van der Waals surface area (Å²) < 4.78 is 32.9. The fourth-order valence-electron chi connectivity index (χ4n) is 3.50. The number of benzene rings is 1. The topological polar surface area (TPSA) is 105 Å². The molecule has 164 valence electrons. The summed E-state index contributed by atoms with van der Waals surface area (Å²) in [5.74, 6) is 0.700. The lowest BCUT2D eigenvalue weighted by atomic mass is 9.97. The highest BCUT2D eigenvalue weighted by atomic mass is 32.2. The van der Waals surface area contributed by atoms with Crippen LogP contribution in [-0.2, 0) is 27.8 Å². The minimum Gasteiger partial charge on any atom is -0.352 e. The van der Waals surface area contributed by atoms with Crippen LogP contribution in [0.2, 0.25) is 0 Å². The third-order valence-corrected chi connectivity index (χ3v) is 8.65. The van der Waals surface area contributed by atoms with E-state index in [-0.39, 0.29) is 16.0 Å². The summed E-state index contributed by atoms with van der Waals surface area (Å²) in [7, 11) is -3.62. The Morgan fingerprint density at radius 1 is 1.26 bits per heavy atom. The predicted molar refractivity (Wildman–Crippen MR) is 117 cm³/mol. The number of nitrogens with zero attached hydrogens (tertiary/aromatic N) is 3. The van der Waals surface area contributed by atoms with E-state index in [4.69, 9.17) is 4.52 Å². The van der Waals surface area contributed by atoms with Gasteiger partial charge in [-0.05, 0) is 24.5 Å². The SMILES string of the molecule is CCc1nc(-c2csc(S(=O)(=O)N3CCC(C(=O)NCc4ccccc4)CC3)c2)no1. The standard InChI is InChI=1S/C21H24N4O4S2/c1-2-18-23-20(24-29-18)17-12-19(30-14-17)31(27,28)25-10-8-16(9-11-25)21(26)22-13-15-6-4-3-5-7-15/h3-7,12,14,16H,2,8-11,13H2,1H3,(H,22,26). The van der Waals surface area contributed by atoms with Crippen LogP contribution in [0.3, 0.4) is 0 Å². The normalized spacial score (nSPS) is 15.8. The van der Waals surface area contributed by atoms with Crippen molar-refractivity contribution in [2.75, 3.05) is 13.1 Å². The quantitative estimate of drug-likeness (QED) is 0.581. The molecule has 31 heavy (non-hydrogen) atoms. The van der Waals surface area contributed by atoms with E-state index in [1.54, 1.807) is 11.4 Å². The summed E-state index contributed by atoms with van der Waals surface area (Å²) in [4.78, 5) is 16.7. The third kappa shape index (κ3) is 4.86. The number of nitrogens with one attached hydrogen (secondary N) is 1. The van der Waals surface area contributed by atoms with Gasteiger partial charge in [0.25, 0.3) is 10.0 Å². The van der Waals surface area contributed by atoms with E-state index < -0.39 is 10.0 Å². The second-order valence-corrected chi connectivity index (χ2v) is 10.5. The number of amides is 1. The molecular formula is C21H24N4O4S2. The van der Waals surface area contributed by atoms with E-state index in [0.717, 1.165) is 16.9 Å². The molecule has 3 aromatic rings. The Morgan fingerprint density at radius 2 is 2.00 bits per heavy atom. The fourth-order valence-corrected chi connectivity index (χ4v) is 6.28. The van der Waals surface area contributed by atoms with E-state index in [1.807, 2.05) is 37.3 Å². The molecule has 0 atom stereocenters. The molecule has 10 heteroatoms. The highest BCUT2D eigenvalue weighted by molar-refractivity contribution is 7.91. The Balaban J connectivity index is 1.35. The molecule has 1 N–H and O–H groups in total. The van der Waals surface area contributed by atoms with Crippen molar-refractivity contribution < 1.29 is 17.7 Å². The molecule has 1 aliphatic heterocycles. The minimum atomic E-state index is -3.62. The summed E-state index contributed by atoms with van der Waals surface area (Å²) in [6.45, 7) is 3.03. The van der Waals surface area contributed by atoms with Crippen LogP contribution in [0.5, 0.6) is 0 Å². The fraction of sp³-hybridized carbons (Fsp3) is 0.381. The van der Waals surface area contributed by atoms with Crippen LogP contribution in [-0.4, -0.2) is 41.9 Å². The van der Waals surface area contributed by atoms with E-state index in [1.165, 1.54) is 4.31 Å². The molecule has 2 aromatic heterocycles. The lowest BCUT2D eigenvalue weighted by Crippen LogP contribution is -2.42. The molecule has 0 aliphatic carbocycles. The molecule has 0 unspecified atom stereocenters. The average molecular weight is 461 g/mol. The van der Waals surface area contributed by atoms with Crippen LogP contribution in [0.25, 0.3) is 11.4 Å². The van der Waals surface area contributed by atoms with Crippen LogP contribution < -0.4 is 5.32 Å². The van der Waals surface area contributed by atoms with Crippen molar-refractivity contribution in [1.82, 2.24) is 19.8 Å². The van der Waals surface area contributed by atoms with Gasteiger partial charge in [0.05, 0.1) is 0 Å². The van der Waals surface area contributed by atoms with Crippen molar-refractivity contribution in [2.45, 2.75) is 36.9 Å². The van der Waals surface area contributed by atoms with Crippen molar-refractivity contribution in [1.29, 1.82) is 0 Å². The Hall–Kier alpha value is -2.56. The Morgan fingerprint density at radius 3 is 2.68 bits per heavy atom. The van der Waals surface area contributed by atoms with Crippen LogP contribution in [0.1, 0.15) is 31.2 Å². The number of thiophene rings is 1. The Labute approximate surface area is 185 Å². The van der Waals surface area contributed by atoms with E-state index in [0.29, 0.717) is 56.2 Å². The lowest BCUT2D eigenvalue weighted by molar-refractivity contribution is -0.126. The number of sulfonamides is 1. The second-order valence-electron chi connectivity index (χ2n) is 7.40.